The number of nitrogens with two attached hydrogens (primary N) is 1. The van der Waals surface area contributed by atoms with Crippen molar-refractivity contribution < 1.29 is 42.7 Å². The van der Waals surface area contributed by atoms with Crippen LogP contribution in [-0.4, -0.2) is 60.5 Å². The molecule has 0 aliphatic carbocycles. The van der Waals surface area contributed by atoms with E-state index in [1.807, 2.05) is 0 Å². The van der Waals surface area contributed by atoms with E-state index in [9.17, 15) is 19.0 Å². The molecule has 0 radical (unpaired) electrons. The first-order chi connectivity index (χ1) is 27.2. The molecule has 0 rings (SSSR count). The highest BCUT2D eigenvalue weighted by molar-refractivity contribution is 7.47. The van der Waals surface area contributed by atoms with E-state index in [-0.39, 0.29) is 13.0 Å². The van der Waals surface area contributed by atoms with Crippen molar-refractivity contribution in [2.45, 2.75) is 251 Å². The van der Waals surface area contributed by atoms with E-state index >= 15 is 0 Å². The van der Waals surface area contributed by atoms with Crippen molar-refractivity contribution >= 4 is 19.8 Å². The molecule has 0 saturated carbocycles. The zero-order valence-electron chi connectivity index (χ0n) is 36.5. The van der Waals surface area contributed by atoms with Crippen molar-refractivity contribution in [2.75, 3.05) is 26.4 Å². The molecular formula is C45H90NO9P. The number of carbonyl (C=O) groups is 2. The minimum Gasteiger partial charge on any atom is -0.480 e. The molecule has 0 aromatic heterocycles. The first-order valence-electron chi connectivity index (χ1n) is 23.6. The Morgan fingerprint density at radius 1 is 0.500 bits per heavy atom. The number of carboxylic acid groups (broad SMARTS) is 1. The molecule has 4 N–H and O–H groups in total. The van der Waals surface area contributed by atoms with Crippen LogP contribution in [0.25, 0.3) is 0 Å². The molecule has 0 aromatic rings. The smallest absolute Gasteiger partial charge is 0.472 e. The third kappa shape index (κ3) is 41.1. The highest BCUT2D eigenvalue weighted by Crippen LogP contribution is 2.43. The standard InChI is InChI=1S/C45H90NO9P/c1-3-5-7-9-11-13-15-17-19-21-22-23-25-27-29-31-33-35-37-44(47)55-42(40-53-56(50,51)54-41-43(46)45(48)49)39-52-38-36-34-32-30-28-26-24-20-18-16-14-12-10-8-6-4-2/h42-43H,3-41,46H2,1-2H3,(H,48,49)(H,50,51). The van der Waals surface area contributed by atoms with Gasteiger partial charge in [-0.1, -0.05) is 219 Å². The number of hydrogen-bond acceptors (Lipinski definition) is 8. The van der Waals surface area contributed by atoms with E-state index in [0.717, 1.165) is 38.5 Å². The summed E-state index contributed by atoms with van der Waals surface area (Å²) in [6.45, 7) is 3.94. The fourth-order valence-corrected chi connectivity index (χ4v) is 7.74. The molecule has 0 aliphatic heterocycles. The zero-order chi connectivity index (χ0) is 41.2. The van der Waals surface area contributed by atoms with Gasteiger partial charge in [-0.15, -0.1) is 0 Å². The predicted molar refractivity (Wildman–Crippen MR) is 231 cm³/mol. The van der Waals surface area contributed by atoms with Gasteiger partial charge in [0.25, 0.3) is 0 Å². The number of rotatable bonds is 46. The lowest BCUT2D eigenvalue weighted by Gasteiger charge is -2.20. The average Bonchev–Trinajstić information content (AvgIpc) is 3.18. The summed E-state index contributed by atoms with van der Waals surface area (Å²) in [5.74, 6) is -1.76. The van der Waals surface area contributed by atoms with Gasteiger partial charge in [-0.2, -0.15) is 0 Å². The number of carbonyl (C=O) groups excluding carboxylic acids is 1. The number of hydrogen-bond donors (Lipinski definition) is 3. The number of carboxylic acids is 1. The Kier molecular flexibility index (Phi) is 41.3. The summed E-state index contributed by atoms with van der Waals surface area (Å²) >= 11 is 0. The van der Waals surface area contributed by atoms with Gasteiger partial charge in [0.15, 0.2) is 0 Å². The fourth-order valence-electron chi connectivity index (χ4n) is 6.96. The first-order valence-corrected chi connectivity index (χ1v) is 25.1. The van der Waals surface area contributed by atoms with Crippen LogP contribution in [0.15, 0.2) is 0 Å². The quantitative estimate of drug-likeness (QED) is 0.0307. The van der Waals surface area contributed by atoms with E-state index < -0.39 is 45.1 Å². The van der Waals surface area contributed by atoms with Gasteiger partial charge in [0.1, 0.15) is 12.1 Å². The summed E-state index contributed by atoms with van der Waals surface area (Å²) in [5, 5.41) is 8.90. The van der Waals surface area contributed by atoms with E-state index in [2.05, 4.69) is 13.8 Å². The van der Waals surface area contributed by atoms with Crippen LogP contribution in [0.3, 0.4) is 0 Å². The first kappa shape index (κ1) is 55.0. The Balaban J connectivity index is 4.14. The molecule has 3 unspecified atom stereocenters. The lowest BCUT2D eigenvalue weighted by Crippen LogP contribution is -2.34. The summed E-state index contributed by atoms with van der Waals surface area (Å²) in [5.41, 5.74) is 5.36. The molecule has 10 nitrogen and oxygen atoms in total. The largest absolute Gasteiger partial charge is 0.480 e. The maximum Gasteiger partial charge on any atom is 0.472 e. The van der Waals surface area contributed by atoms with Crippen molar-refractivity contribution in [1.29, 1.82) is 0 Å². The molecule has 0 spiro atoms. The van der Waals surface area contributed by atoms with Gasteiger partial charge < -0.3 is 25.2 Å². The van der Waals surface area contributed by atoms with Crippen LogP contribution in [0.2, 0.25) is 0 Å². The third-order valence-corrected chi connectivity index (χ3v) is 11.6. The van der Waals surface area contributed by atoms with E-state index in [4.69, 9.17) is 29.4 Å². The number of esters is 1. The van der Waals surface area contributed by atoms with Crippen LogP contribution in [0.5, 0.6) is 0 Å². The third-order valence-electron chi connectivity index (χ3n) is 10.6. The molecule has 334 valence electrons. The predicted octanol–water partition coefficient (Wildman–Crippen LogP) is 13.2. The van der Waals surface area contributed by atoms with E-state index in [1.165, 1.54) is 180 Å². The van der Waals surface area contributed by atoms with Gasteiger partial charge in [0.2, 0.25) is 0 Å². The van der Waals surface area contributed by atoms with Crippen LogP contribution in [0.1, 0.15) is 239 Å². The van der Waals surface area contributed by atoms with Crippen molar-refractivity contribution in [3.8, 4) is 0 Å². The van der Waals surface area contributed by atoms with Gasteiger partial charge in [0, 0.05) is 13.0 Å². The molecule has 0 fully saturated rings. The van der Waals surface area contributed by atoms with Crippen LogP contribution in [0.4, 0.5) is 0 Å². The van der Waals surface area contributed by atoms with Gasteiger partial charge in [-0.05, 0) is 12.8 Å². The molecular weight excluding hydrogens is 729 g/mol. The number of aliphatic carboxylic acids is 1. The maximum atomic E-state index is 12.7. The lowest BCUT2D eigenvalue weighted by atomic mass is 10.0. The van der Waals surface area contributed by atoms with Crippen molar-refractivity contribution in [2.24, 2.45) is 5.73 Å². The minimum atomic E-state index is -4.61. The van der Waals surface area contributed by atoms with E-state index in [0.29, 0.717) is 6.61 Å². The number of phosphoric acid groups is 1. The SMILES string of the molecule is CCCCCCCCCCCCCCCCCCCCC(=O)OC(COCCCCCCCCCCCCCCCCCC)COP(=O)(O)OCC(N)C(=O)O. The van der Waals surface area contributed by atoms with Crippen molar-refractivity contribution in [3.63, 3.8) is 0 Å². The summed E-state index contributed by atoms with van der Waals surface area (Å²) in [6.07, 6.45) is 42.9. The topological polar surface area (TPSA) is 155 Å². The summed E-state index contributed by atoms with van der Waals surface area (Å²) in [6, 6.07) is -1.47. The van der Waals surface area contributed by atoms with Gasteiger partial charge in [-0.25, -0.2) is 4.57 Å². The average molecular weight is 820 g/mol. The summed E-state index contributed by atoms with van der Waals surface area (Å²) < 4.78 is 33.4. The number of ether oxygens (including phenoxy) is 2. The van der Waals surface area contributed by atoms with Crippen molar-refractivity contribution in [1.82, 2.24) is 0 Å². The Bertz CT molecular complexity index is 909. The number of unbranched alkanes of at least 4 members (excludes halogenated alkanes) is 32. The van der Waals surface area contributed by atoms with Crippen LogP contribution in [-0.2, 0) is 32.7 Å². The summed E-state index contributed by atoms with van der Waals surface area (Å²) in [7, 11) is -4.61. The molecule has 3 atom stereocenters. The number of phosphoric ester groups is 1. The second-order valence-electron chi connectivity index (χ2n) is 16.3. The van der Waals surface area contributed by atoms with Gasteiger partial charge in [-0.3, -0.25) is 18.6 Å². The van der Waals surface area contributed by atoms with Crippen molar-refractivity contribution in [3.05, 3.63) is 0 Å². The highest BCUT2D eigenvalue weighted by atomic mass is 31.2. The molecule has 0 bridgehead atoms. The summed E-state index contributed by atoms with van der Waals surface area (Å²) in [4.78, 5) is 33.6. The molecule has 11 heteroatoms. The highest BCUT2D eigenvalue weighted by Gasteiger charge is 2.27. The molecule has 0 saturated heterocycles. The molecule has 56 heavy (non-hydrogen) atoms. The molecule has 0 aliphatic rings. The van der Waals surface area contributed by atoms with Crippen LogP contribution in [0, 0.1) is 0 Å². The van der Waals surface area contributed by atoms with Crippen LogP contribution < -0.4 is 5.73 Å². The monoisotopic (exact) mass is 820 g/mol. The second-order valence-corrected chi connectivity index (χ2v) is 17.7. The Morgan fingerprint density at radius 2 is 0.821 bits per heavy atom. The van der Waals surface area contributed by atoms with E-state index in [1.54, 1.807) is 0 Å². The van der Waals surface area contributed by atoms with Gasteiger partial charge >= 0.3 is 19.8 Å². The lowest BCUT2D eigenvalue weighted by molar-refractivity contribution is -0.154. The fraction of sp³-hybridized carbons (Fsp3) is 0.956. The Hall–Kier alpha value is -1.03. The minimum absolute atomic E-state index is 0.0260. The Labute approximate surface area is 344 Å². The second kappa shape index (κ2) is 42.1. The normalized spacial score (nSPS) is 13.8. The molecule has 0 aromatic carbocycles. The Morgan fingerprint density at radius 3 is 1.18 bits per heavy atom. The van der Waals surface area contributed by atoms with Crippen LogP contribution >= 0.6 is 7.82 Å². The van der Waals surface area contributed by atoms with Gasteiger partial charge in [0.05, 0.1) is 19.8 Å². The molecule has 0 amide bonds. The molecule has 0 heterocycles. The zero-order valence-corrected chi connectivity index (χ0v) is 37.4. The maximum absolute atomic E-state index is 12.7.